The van der Waals surface area contributed by atoms with E-state index in [4.69, 9.17) is 16.3 Å². The van der Waals surface area contributed by atoms with Crippen molar-refractivity contribution in [3.63, 3.8) is 0 Å². The van der Waals surface area contributed by atoms with Crippen LogP contribution in [0, 0.1) is 0 Å². The fourth-order valence-electron chi connectivity index (χ4n) is 2.17. The van der Waals surface area contributed by atoms with Gasteiger partial charge in [-0.3, -0.25) is 0 Å². The molecule has 0 aliphatic heterocycles. The zero-order chi connectivity index (χ0) is 18.7. The minimum absolute atomic E-state index is 0.0249. The first kappa shape index (κ1) is 19.9. The molecule has 25 heavy (non-hydrogen) atoms. The van der Waals surface area contributed by atoms with Gasteiger partial charge in [-0.2, -0.15) is 0 Å². The highest BCUT2D eigenvalue weighted by atomic mass is 35.5. The first-order valence-electron chi connectivity index (χ1n) is 7.20. The fraction of sp³-hybridized carbons (Fsp3) is 0.312. The fourth-order valence-corrected chi connectivity index (χ4v) is 4.82. The molecule has 0 saturated carbocycles. The molecule has 0 aliphatic carbocycles. The summed E-state index contributed by atoms with van der Waals surface area (Å²) < 4.78 is 37.8. The van der Waals surface area contributed by atoms with E-state index in [1.807, 2.05) is 0 Å². The van der Waals surface area contributed by atoms with Gasteiger partial charge in [0.05, 0.1) is 7.11 Å². The molecule has 1 aromatic heterocycles. The first-order valence-corrected chi connectivity index (χ1v) is 9.94. The number of halogens is 1. The Morgan fingerprint density at radius 1 is 1.32 bits per heavy atom. The van der Waals surface area contributed by atoms with Crippen molar-refractivity contribution in [3.8, 4) is 0 Å². The molecule has 1 aromatic carbocycles. The van der Waals surface area contributed by atoms with Crippen LogP contribution < -0.4 is 4.72 Å². The van der Waals surface area contributed by atoms with E-state index in [1.54, 1.807) is 31.2 Å². The van der Waals surface area contributed by atoms with Crippen LogP contribution in [0.15, 0.2) is 40.6 Å². The summed E-state index contributed by atoms with van der Waals surface area (Å²) in [5, 5.41) is 2.04. The average Bonchev–Trinajstić information content (AvgIpc) is 3.10. The lowest BCUT2D eigenvalue weighted by atomic mass is 9.96. The van der Waals surface area contributed by atoms with Crippen LogP contribution in [0.3, 0.4) is 0 Å². The van der Waals surface area contributed by atoms with Crippen LogP contribution in [0.5, 0.6) is 0 Å². The van der Waals surface area contributed by atoms with E-state index in [0.29, 0.717) is 5.02 Å². The van der Waals surface area contributed by atoms with E-state index < -0.39 is 21.6 Å². The number of sulfonamides is 1. The second-order valence-electron chi connectivity index (χ2n) is 5.38. The van der Waals surface area contributed by atoms with Gasteiger partial charge in [-0.05, 0) is 36.1 Å². The summed E-state index contributed by atoms with van der Waals surface area (Å²) in [6.45, 7) is 1.71. The second-order valence-corrected chi connectivity index (χ2v) is 8.46. The summed E-state index contributed by atoms with van der Waals surface area (Å²) in [5.41, 5.74) is -0.205. The summed E-state index contributed by atoms with van der Waals surface area (Å²) in [7, 11) is -1.23. The number of hydrogen-bond acceptors (Lipinski definition) is 6. The smallest absolute Gasteiger partial charge is 0.349 e. The average molecular weight is 404 g/mol. The molecular formula is C16H18ClNO5S2. The molecular weight excluding hydrogens is 386 g/mol. The van der Waals surface area contributed by atoms with Gasteiger partial charge < -0.3 is 9.47 Å². The van der Waals surface area contributed by atoms with Gasteiger partial charge in [-0.1, -0.05) is 23.7 Å². The van der Waals surface area contributed by atoms with Gasteiger partial charge in [0.1, 0.15) is 15.4 Å². The van der Waals surface area contributed by atoms with Crippen LogP contribution in [0.4, 0.5) is 0 Å². The third-order valence-electron chi connectivity index (χ3n) is 3.77. The van der Waals surface area contributed by atoms with Gasteiger partial charge in [0.25, 0.3) is 0 Å². The SMILES string of the molecule is COC(=O)c1sccc1S(=O)(=O)NCC(C)(OC)c1cccc(Cl)c1. The Hall–Kier alpha value is -1.45. The Bertz CT molecular complexity index is 865. The largest absolute Gasteiger partial charge is 0.465 e. The Morgan fingerprint density at radius 2 is 2.04 bits per heavy atom. The van der Waals surface area contributed by atoms with Crippen molar-refractivity contribution in [3.05, 3.63) is 51.2 Å². The van der Waals surface area contributed by atoms with Crippen LogP contribution in [0.25, 0.3) is 0 Å². The zero-order valence-electron chi connectivity index (χ0n) is 13.9. The number of nitrogens with one attached hydrogen (secondary N) is 1. The summed E-state index contributed by atoms with van der Waals surface area (Å²) in [4.78, 5) is 11.6. The molecule has 0 aliphatic rings. The first-order chi connectivity index (χ1) is 11.7. The van der Waals surface area contributed by atoms with Crippen molar-refractivity contribution in [2.45, 2.75) is 17.4 Å². The molecule has 0 radical (unpaired) electrons. The molecule has 0 saturated heterocycles. The number of carbonyl (C=O) groups excluding carboxylic acids is 1. The molecule has 0 amide bonds. The lowest BCUT2D eigenvalue weighted by Gasteiger charge is -2.29. The van der Waals surface area contributed by atoms with Gasteiger partial charge in [0, 0.05) is 18.7 Å². The molecule has 0 fully saturated rings. The van der Waals surface area contributed by atoms with Crippen LogP contribution in [0.2, 0.25) is 5.02 Å². The molecule has 2 aromatic rings. The highest BCUT2D eigenvalue weighted by Crippen LogP contribution is 2.28. The number of methoxy groups -OCH3 is 2. The number of rotatable bonds is 7. The monoisotopic (exact) mass is 403 g/mol. The number of benzene rings is 1. The Kier molecular flexibility index (Phi) is 6.23. The van der Waals surface area contributed by atoms with Gasteiger partial charge in [-0.25, -0.2) is 17.9 Å². The molecule has 0 spiro atoms. The van der Waals surface area contributed by atoms with Crippen LogP contribution in [-0.4, -0.2) is 35.2 Å². The zero-order valence-corrected chi connectivity index (χ0v) is 16.3. The molecule has 1 heterocycles. The minimum atomic E-state index is -3.92. The quantitative estimate of drug-likeness (QED) is 0.718. The maximum Gasteiger partial charge on any atom is 0.349 e. The van der Waals surface area contributed by atoms with Crippen LogP contribution in [-0.2, 0) is 25.1 Å². The second kappa shape index (κ2) is 7.84. The van der Waals surface area contributed by atoms with E-state index in [-0.39, 0.29) is 16.3 Å². The van der Waals surface area contributed by atoms with Crippen molar-refractivity contribution in [2.24, 2.45) is 0 Å². The third-order valence-corrected chi connectivity index (χ3v) is 6.48. The van der Waals surface area contributed by atoms with Crippen molar-refractivity contribution in [1.29, 1.82) is 0 Å². The standard InChI is InChI=1S/C16H18ClNO5S2/c1-16(23-3,11-5-4-6-12(17)9-11)10-18-25(20,21)13-7-8-24-14(13)15(19)22-2/h4-9,18H,10H2,1-3H3. The summed E-state index contributed by atoms with van der Waals surface area (Å²) in [5.74, 6) is -0.695. The maximum absolute atomic E-state index is 12.6. The van der Waals surface area contributed by atoms with E-state index in [0.717, 1.165) is 16.9 Å². The van der Waals surface area contributed by atoms with Crippen molar-refractivity contribution < 1.29 is 22.7 Å². The minimum Gasteiger partial charge on any atom is -0.465 e. The number of hydrogen-bond donors (Lipinski definition) is 1. The summed E-state index contributed by atoms with van der Waals surface area (Å²) in [6.07, 6.45) is 0. The molecule has 136 valence electrons. The normalized spacial score (nSPS) is 14.1. The van der Waals surface area contributed by atoms with Crippen molar-refractivity contribution >= 4 is 38.9 Å². The van der Waals surface area contributed by atoms with E-state index in [2.05, 4.69) is 9.46 Å². The molecule has 1 atom stereocenters. The number of ether oxygens (including phenoxy) is 2. The van der Waals surface area contributed by atoms with Gasteiger partial charge >= 0.3 is 5.97 Å². The van der Waals surface area contributed by atoms with E-state index in [9.17, 15) is 13.2 Å². The predicted octanol–water partition coefficient (Wildman–Crippen LogP) is 3.03. The number of carbonyl (C=O) groups is 1. The Labute approximate surface area is 155 Å². The van der Waals surface area contributed by atoms with E-state index in [1.165, 1.54) is 25.7 Å². The van der Waals surface area contributed by atoms with Crippen molar-refractivity contribution in [1.82, 2.24) is 4.72 Å². The van der Waals surface area contributed by atoms with Crippen LogP contribution >= 0.6 is 22.9 Å². The third kappa shape index (κ3) is 4.39. The lowest BCUT2D eigenvalue weighted by molar-refractivity contribution is 0.00699. The topological polar surface area (TPSA) is 81.7 Å². The Balaban J connectivity index is 2.26. The predicted molar refractivity (Wildman–Crippen MR) is 96.7 cm³/mol. The van der Waals surface area contributed by atoms with E-state index >= 15 is 0 Å². The lowest BCUT2D eigenvalue weighted by Crippen LogP contribution is -2.40. The highest BCUT2D eigenvalue weighted by molar-refractivity contribution is 7.89. The highest BCUT2D eigenvalue weighted by Gasteiger charge is 2.31. The van der Waals surface area contributed by atoms with Gasteiger partial charge in [0.2, 0.25) is 10.0 Å². The number of thiophene rings is 1. The number of esters is 1. The molecule has 2 rings (SSSR count). The maximum atomic E-state index is 12.6. The Morgan fingerprint density at radius 3 is 2.64 bits per heavy atom. The van der Waals surface area contributed by atoms with Crippen LogP contribution in [0.1, 0.15) is 22.2 Å². The van der Waals surface area contributed by atoms with Gasteiger partial charge in [-0.15, -0.1) is 11.3 Å². The molecule has 0 bridgehead atoms. The van der Waals surface area contributed by atoms with Crippen molar-refractivity contribution in [2.75, 3.05) is 20.8 Å². The summed E-state index contributed by atoms with van der Waals surface area (Å²) >= 11 is 7.01. The van der Waals surface area contributed by atoms with Gasteiger partial charge in [0.15, 0.2) is 0 Å². The molecule has 6 nitrogen and oxygen atoms in total. The summed E-state index contributed by atoms with van der Waals surface area (Å²) in [6, 6.07) is 8.36. The molecule has 1 N–H and O–H groups in total. The molecule has 9 heteroatoms. The molecule has 1 unspecified atom stereocenters.